The number of hydrogen-bond donors (Lipinski definition) is 0. The van der Waals surface area contributed by atoms with Gasteiger partial charge in [0.05, 0.1) is 18.4 Å². The number of aromatic nitrogens is 1. The third-order valence-electron chi connectivity index (χ3n) is 3.54. The zero-order valence-corrected chi connectivity index (χ0v) is 14.4. The van der Waals surface area contributed by atoms with E-state index in [1.807, 2.05) is 0 Å². The van der Waals surface area contributed by atoms with Crippen molar-refractivity contribution in [3.05, 3.63) is 24.0 Å². The normalized spacial score (nSPS) is 14.2. The average molecular weight is 329 g/mol. The fourth-order valence-corrected chi connectivity index (χ4v) is 2.42. The molecule has 0 bridgehead atoms. The van der Waals surface area contributed by atoms with E-state index in [4.69, 9.17) is 11.2 Å². The number of ether oxygens (including phenoxy) is 1. The number of nitrogens with zero attached hydrogens (tertiary/aromatic N) is 3. The summed E-state index contributed by atoms with van der Waals surface area (Å²) >= 11 is 0. The van der Waals surface area contributed by atoms with Gasteiger partial charge in [-0.15, -0.1) is 6.42 Å². The fraction of sp³-hybridized carbons (Fsp3) is 0.500. The van der Waals surface area contributed by atoms with E-state index in [2.05, 4.69) is 10.9 Å². The molecule has 0 aliphatic carbocycles. The lowest BCUT2D eigenvalue weighted by Gasteiger charge is -2.26. The van der Waals surface area contributed by atoms with E-state index in [0.717, 1.165) is 25.9 Å². The lowest BCUT2D eigenvalue weighted by atomic mass is 10.2. The number of rotatable bonds is 3. The van der Waals surface area contributed by atoms with Crippen LogP contribution in [-0.2, 0) is 4.74 Å². The summed E-state index contributed by atoms with van der Waals surface area (Å²) in [5.41, 5.74) is 0.244. The molecule has 0 saturated carbocycles. The second-order valence-electron chi connectivity index (χ2n) is 6.67. The van der Waals surface area contributed by atoms with Crippen molar-refractivity contribution in [1.82, 2.24) is 9.88 Å². The van der Waals surface area contributed by atoms with Gasteiger partial charge in [0.1, 0.15) is 11.3 Å². The molecule has 1 aliphatic heterocycles. The molecule has 24 heavy (non-hydrogen) atoms. The van der Waals surface area contributed by atoms with Gasteiger partial charge in [-0.1, -0.05) is 5.92 Å². The summed E-state index contributed by atoms with van der Waals surface area (Å²) in [6, 6.07) is 3.28. The molecule has 1 saturated heterocycles. The topological polar surface area (TPSA) is 62.7 Å². The lowest BCUT2D eigenvalue weighted by molar-refractivity contribution is 0.0585. The lowest BCUT2D eigenvalue weighted by Crippen LogP contribution is -2.37. The summed E-state index contributed by atoms with van der Waals surface area (Å²) in [6.45, 7) is 6.96. The molecule has 6 heteroatoms. The quantitative estimate of drug-likeness (QED) is 0.800. The van der Waals surface area contributed by atoms with Gasteiger partial charge in [-0.2, -0.15) is 0 Å². The first-order valence-electron chi connectivity index (χ1n) is 8.01. The smallest absolute Gasteiger partial charge is 0.415 e. The molecule has 0 aromatic carbocycles. The molecular weight excluding hydrogens is 306 g/mol. The Balaban J connectivity index is 2.15. The summed E-state index contributed by atoms with van der Waals surface area (Å²) in [6.07, 6.45) is 8.34. The van der Waals surface area contributed by atoms with Gasteiger partial charge in [-0.25, -0.2) is 9.78 Å². The third kappa shape index (κ3) is 4.48. The molecule has 2 rings (SSSR count). The van der Waals surface area contributed by atoms with Gasteiger partial charge in [0.15, 0.2) is 0 Å². The molecule has 6 nitrogen and oxygen atoms in total. The van der Waals surface area contributed by atoms with E-state index in [1.165, 1.54) is 11.1 Å². The highest BCUT2D eigenvalue weighted by Crippen LogP contribution is 2.19. The zero-order chi connectivity index (χ0) is 17.7. The van der Waals surface area contributed by atoms with Gasteiger partial charge < -0.3 is 9.64 Å². The number of amides is 2. The van der Waals surface area contributed by atoms with Crippen LogP contribution in [0.25, 0.3) is 0 Å². The van der Waals surface area contributed by atoms with Crippen LogP contribution in [0, 0.1) is 12.3 Å². The summed E-state index contributed by atoms with van der Waals surface area (Å²) < 4.78 is 5.35. The molecule has 1 fully saturated rings. The molecule has 1 aliphatic rings. The summed E-state index contributed by atoms with van der Waals surface area (Å²) in [4.78, 5) is 31.9. The highest BCUT2D eigenvalue weighted by molar-refractivity contribution is 5.93. The minimum absolute atomic E-state index is 0.0655. The van der Waals surface area contributed by atoms with Crippen molar-refractivity contribution >= 4 is 17.7 Å². The van der Waals surface area contributed by atoms with Crippen LogP contribution >= 0.6 is 0 Å². The molecule has 0 N–H and O–H groups in total. The van der Waals surface area contributed by atoms with Crippen molar-refractivity contribution in [2.24, 2.45) is 0 Å². The number of carbonyl (C=O) groups is 2. The molecule has 2 amide bonds. The van der Waals surface area contributed by atoms with Crippen molar-refractivity contribution in [2.75, 3.05) is 24.5 Å². The Kier molecular flexibility index (Phi) is 5.45. The van der Waals surface area contributed by atoms with E-state index in [9.17, 15) is 9.59 Å². The standard InChI is InChI=1S/C18H23N3O3/c1-5-10-21(17(23)24-18(2,3)4)14-8-9-15(19-13-14)16(22)20-11-6-7-12-20/h1,8-9,13H,6-7,10-12H2,2-4H3. The Morgan fingerprint density at radius 1 is 1.33 bits per heavy atom. The average Bonchev–Trinajstić information content (AvgIpc) is 3.05. The van der Waals surface area contributed by atoms with Crippen LogP contribution in [0.4, 0.5) is 10.5 Å². The van der Waals surface area contributed by atoms with Crippen molar-refractivity contribution in [3.63, 3.8) is 0 Å². The molecule has 1 aromatic rings. The first-order chi connectivity index (χ1) is 11.3. The first kappa shape index (κ1) is 17.8. The van der Waals surface area contributed by atoms with Crippen molar-refractivity contribution in [2.45, 2.75) is 39.2 Å². The van der Waals surface area contributed by atoms with Crippen molar-refractivity contribution < 1.29 is 14.3 Å². The van der Waals surface area contributed by atoms with Crippen LogP contribution in [-0.4, -0.2) is 47.1 Å². The second-order valence-corrected chi connectivity index (χ2v) is 6.67. The van der Waals surface area contributed by atoms with Crippen molar-refractivity contribution in [1.29, 1.82) is 0 Å². The van der Waals surface area contributed by atoms with Gasteiger partial charge >= 0.3 is 6.09 Å². The predicted molar refractivity (Wildman–Crippen MR) is 91.8 cm³/mol. The SMILES string of the molecule is C#CCN(C(=O)OC(C)(C)C)c1ccc(C(=O)N2CCCC2)nc1. The minimum Gasteiger partial charge on any atom is -0.443 e. The van der Waals surface area contributed by atoms with Gasteiger partial charge in [-0.3, -0.25) is 9.69 Å². The molecule has 128 valence electrons. The van der Waals surface area contributed by atoms with Gasteiger partial charge in [0.2, 0.25) is 0 Å². The number of anilines is 1. The summed E-state index contributed by atoms with van der Waals surface area (Å²) in [7, 11) is 0. The van der Waals surface area contributed by atoms with Crippen LogP contribution in [0.2, 0.25) is 0 Å². The first-order valence-corrected chi connectivity index (χ1v) is 8.01. The maximum absolute atomic E-state index is 12.3. The van der Waals surface area contributed by atoms with E-state index in [-0.39, 0.29) is 12.5 Å². The van der Waals surface area contributed by atoms with Crippen LogP contribution in [0.1, 0.15) is 44.1 Å². The fourth-order valence-electron chi connectivity index (χ4n) is 2.42. The van der Waals surface area contributed by atoms with Crippen LogP contribution < -0.4 is 4.90 Å². The Bertz CT molecular complexity index is 635. The Morgan fingerprint density at radius 3 is 2.50 bits per heavy atom. The predicted octanol–water partition coefficient (Wildman–Crippen LogP) is 2.69. The Hall–Kier alpha value is -2.55. The summed E-state index contributed by atoms with van der Waals surface area (Å²) in [5.74, 6) is 2.35. The molecule has 0 radical (unpaired) electrons. The van der Waals surface area contributed by atoms with Gasteiger partial charge in [0.25, 0.3) is 5.91 Å². The Morgan fingerprint density at radius 2 is 2.00 bits per heavy atom. The number of hydrogen-bond acceptors (Lipinski definition) is 4. The largest absolute Gasteiger partial charge is 0.443 e. The Labute approximate surface area is 142 Å². The molecule has 0 atom stereocenters. The van der Waals surface area contributed by atoms with E-state index in [0.29, 0.717) is 11.4 Å². The highest BCUT2D eigenvalue weighted by Gasteiger charge is 2.24. The van der Waals surface area contributed by atoms with Gasteiger partial charge in [0, 0.05) is 13.1 Å². The highest BCUT2D eigenvalue weighted by atomic mass is 16.6. The van der Waals surface area contributed by atoms with Crippen LogP contribution in [0.15, 0.2) is 18.3 Å². The number of pyridine rings is 1. The molecule has 0 unspecified atom stereocenters. The molecule has 2 heterocycles. The molecule has 0 spiro atoms. The molecule has 1 aromatic heterocycles. The number of terminal acetylenes is 1. The second kappa shape index (κ2) is 7.35. The van der Waals surface area contributed by atoms with Crippen LogP contribution in [0.3, 0.4) is 0 Å². The minimum atomic E-state index is -0.622. The number of likely N-dealkylation sites (tertiary alicyclic amines) is 1. The van der Waals surface area contributed by atoms with E-state index >= 15 is 0 Å². The summed E-state index contributed by atoms with van der Waals surface area (Å²) in [5, 5.41) is 0. The number of carbonyl (C=O) groups excluding carboxylic acids is 2. The van der Waals surface area contributed by atoms with E-state index < -0.39 is 11.7 Å². The van der Waals surface area contributed by atoms with Crippen molar-refractivity contribution in [3.8, 4) is 12.3 Å². The maximum atomic E-state index is 12.3. The molecular formula is C18H23N3O3. The zero-order valence-electron chi connectivity index (χ0n) is 14.4. The van der Waals surface area contributed by atoms with Crippen LogP contribution in [0.5, 0.6) is 0 Å². The third-order valence-corrected chi connectivity index (χ3v) is 3.54. The van der Waals surface area contributed by atoms with E-state index in [1.54, 1.807) is 37.8 Å². The van der Waals surface area contributed by atoms with Gasteiger partial charge in [-0.05, 0) is 45.7 Å². The monoisotopic (exact) mass is 329 g/mol. The maximum Gasteiger partial charge on any atom is 0.415 e.